The predicted molar refractivity (Wildman–Crippen MR) is 74.3 cm³/mol. The van der Waals surface area contributed by atoms with Gasteiger partial charge in [0.25, 0.3) is 16.0 Å². The number of nitrogens with one attached hydrogen (secondary N) is 1. The van der Waals surface area contributed by atoms with Crippen LogP contribution in [0.15, 0.2) is 17.0 Å². The molecule has 1 aromatic heterocycles. The second-order valence-electron chi connectivity index (χ2n) is 4.67. The molecule has 0 saturated carbocycles. The average molecular weight is 310 g/mol. The van der Waals surface area contributed by atoms with Crippen molar-refractivity contribution in [3.05, 3.63) is 17.7 Å². The van der Waals surface area contributed by atoms with Gasteiger partial charge in [-0.25, -0.2) is 13.1 Å². The highest BCUT2D eigenvalue weighted by Gasteiger charge is 2.26. The van der Waals surface area contributed by atoms with Crippen LogP contribution in [0.2, 0.25) is 0 Å². The Morgan fingerprint density at radius 1 is 1.43 bits per heavy atom. The maximum Gasteiger partial charge on any atom is 0.277 e. The molecule has 9 nitrogen and oxygen atoms in total. The first kappa shape index (κ1) is 13.6. The van der Waals surface area contributed by atoms with Gasteiger partial charge in [-0.3, -0.25) is 0 Å². The normalized spacial score (nSPS) is 14.3. The number of fused-ring (bicyclic) bond motifs is 1. The van der Waals surface area contributed by atoms with Crippen molar-refractivity contribution in [3.63, 3.8) is 0 Å². The second kappa shape index (κ2) is 4.88. The lowest BCUT2D eigenvalue weighted by molar-refractivity contribution is 0.280. The fourth-order valence-electron chi connectivity index (χ4n) is 2.17. The summed E-state index contributed by atoms with van der Waals surface area (Å²) in [5.41, 5.74) is 6.93. The minimum absolute atomic E-state index is 0.00958. The SMILES string of the molecule is Cn1nnc(NS(=O)(=O)c2cc(N)cc3c2OCCC3)n1. The minimum atomic E-state index is -3.90. The van der Waals surface area contributed by atoms with Crippen LogP contribution in [0.4, 0.5) is 11.6 Å². The first-order valence-electron chi connectivity index (χ1n) is 6.28. The monoisotopic (exact) mass is 310 g/mol. The summed E-state index contributed by atoms with van der Waals surface area (Å²) >= 11 is 0. The number of tetrazole rings is 1. The van der Waals surface area contributed by atoms with E-state index in [-0.39, 0.29) is 10.8 Å². The van der Waals surface area contributed by atoms with Crippen molar-refractivity contribution in [2.45, 2.75) is 17.7 Å². The number of nitrogen functional groups attached to an aromatic ring is 1. The molecule has 1 aliphatic heterocycles. The Balaban J connectivity index is 2.04. The smallest absolute Gasteiger partial charge is 0.277 e. The summed E-state index contributed by atoms with van der Waals surface area (Å²) in [6.07, 6.45) is 1.56. The molecule has 0 aliphatic carbocycles. The van der Waals surface area contributed by atoms with Crippen molar-refractivity contribution in [2.24, 2.45) is 7.05 Å². The van der Waals surface area contributed by atoms with Gasteiger partial charge < -0.3 is 10.5 Å². The average Bonchev–Trinajstić information content (AvgIpc) is 2.82. The van der Waals surface area contributed by atoms with Crippen LogP contribution in [0.3, 0.4) is 0 Å². The van der Waals surface area contributed by atoms with E-state index in [2.05, 4.69) is 20.1 Å². The number of aryl methyl sites for hydroxylation is 2. The number of ether oxygens (including phenoxy) is 1. The zero-order valence-corrected chi connectivity index (χ0v) is 12.1. The largest absolute Gasteiger partial charge is 0.492 e. The maximum absolute atomic E-state index is 12.5. The number of hydrogen-bond donors (Lipinski definition) is 2. The number of sulfonamides is 1. The standard InChI is InChI=1S/C11H14N6O3S/c1-17-14-11(13-16-17)15-21(18,19)9-6-8(12)5-7-3-2-4-20-10(7)9/h5-6H,2-4,12H2,1H3,(H,14,15). The number of rotatable bonds is 3. The summed E-state index contributed by atoms with van der Waals surface area (Å²) in [5.74, 6) is 0.233. The van der Waals surface area contributed by atoms with E-state index in [1.165, 1.54) is 13.1 Å². The van der Waals surface area contributed by atoms with Gasteiger partial charge in [-0.2, -0.15) is 4.80 Å². The Kier molecular flexibility index (Phi) is 3.16. The van der Waals surface area contributed by atoms with Gasteiger partial charge in [0.05, 0.1) is 13.7 Å². The van der Waals surface area contributed by atoms with Gasteiger partial charge in [-0.1, -0.05) is 5.10 Å². The maximum atomic E-state index is 12.5. The van der Waals surface area contributed by atoms with E-state index in [9.17, 15) is 8.42 Å². The van der Waals surface area contributed by atoms with Crippen molar-refractivity contribution in [1.82, 2.24) is 20.2 Å². The molecule has 21 heavy (non-hydrogen) atoms. The highest BCUT2D eigenvalue weighted by Crippen LogP contribution is 2.35. The van der Waals surface area contributed by atoms with Gasteiger partial charge in [0.15, 0.2) is 0 Å². The van der Waals surface area contributed by atoms with Crippen LogP contribution in [0.5, 0.6) is 5.75 Å². The van der Waals surface area contributed by atoms with Gasteiger partial charge >= 0.3 is 0 Å². The number of benzene rings is 1. The van der Waals surface area contributed by atoms with Crippen molar-refractivity contribution >= 4 is 21.7 Å². The van der Waals surface area contributed by atoms with Crippen molar-refractivity contribution in [3.8, 4) is 5.75 Å². The number of anilines is 2. The lowest BCUT2D eigenvalue weighted by atomic mass is 10.1. The number of hydrogen-bond acceptors (Lipinski definition) is 7. The topological polar surface area (TPSA) is 125 Å². The van der Waals surface area contributed by atoms with E-state index >= 15 is 0 Å². The van der Waals surface area contributed by atoms with Crippen LogP contribution in [-0.4, -0.2) is 35.2 Å². The molecule has 0 bridgehead atoms. The van der Waals surface area contributed by atoms with Gasteiger partial charge in [0, 0.05) is 5.69 Å². The molecule has 3 N–H and O–H groups in total. The van der Waals surface area contributed by atoms with E-state index in [0.717, 1.165) is 23.2 Å². The molecular formula is C11H14N6O3S. The Morgan fingerprint density at radius 3 is 2.95 bits per heavy atom. The fourth-order valence-corrected chi connectivity index (χ4v) is 3.33. The van der Waals surface area contributed by atoms with Crippen LogP contribution < -0.4 is 15.2 Å². The third kappa shape index (κ3) is 2.61. The molecule has 112 valence electrons. The van der Waals surface area contributed by atoms with Crippen LogP contribution in [0, 0.1) is 0 Å². The summed E-state index contributed by atoms with van der Waals surface area (Å²) in [4.78, 5) is 1.15. The molecule has 0 amide bonds. The molecular weight excluding hydrogens is 296 g/mol. The quantitative estimate of drug-likeness (QED) is 0.759. The highest BCUT2D eigenvalue weighted by atomic mass is 32.2. The first-order valence-corrected chi connectivity index (χ1v) is 7.76. The Labute approximate surface area is 121 Å². The summed E-state index contributed by atoms with van der Waals surface area (Å²) in [5, 5.41) is 11.0. The van der Waals surface area contributed by atoms with Gasteiger partial charge in [0.1, 0.15) is 10.6 Å². The Bertz CT molecular complexity index is 785. The minimum Gasteiger partial charge on any atom is -0.492 e. The van der Waals surface area contributed by atoms with Crippen LogP contribution in [0.25, 0.3) is 0 Å². The summed E-state index contributed by atoms with van der Waals surface area (Å²) < 4.78 is 32.7. The highest BCUT2D eigenvalue weighted by molar-refractivity contribution is 7.92. The number of nitrogens with zero attached hydrogens (tertiary/aromatic N) is 4. The molecule has 2 aromatic rings. The molecule has 0 atom stereocenters. The van der Waals surface area contributed by atoms with Crippen molar-refractivity contribution in [2.75, 3.05) is 17.1 Å². The van der Waals surface area contributed by atoms with E-state index in [4.69, 9.17) is 10.5 Å². The molecule has 2 heterocycles. The van der Waals surface area contributed by atoms with E-state index in [1.807, 2.05) is 0 Å². The molecule has 0 radical (unpaired) electrons. The summed E-state index contributed by atoms with van der Waals surface area (Å²) in [6.45, 7) is 0.475. The second-order valence-corrected chi connectivity index (χ2v) is 6.32. The predicted octanol–water partition coefficient (Wildman–Crippen LogP) is -0.0819. The number of nitrogens with two attached hydrogens (primary N) is 1. The Morgan fingerprint density at radius 2 is 2.24 bits per heavy atom. The first-order chi connectivity index (χ1) is 9.95. The molecule has 0 fully saturated rings. The summed E-state index contributed by atoms with van der Waals surface area (Å²) in [7, 11) is -2.36. The molecule has 3 rings (SSSR count). The van der Waals surface area contributed by atoms with Crippen LogP contribution in [-0.2, 0) is 23.5 Å². The van der Waals surface area contributed by atoms with Crippen molar-refractivity contribution < 1.29 is 13.2 Å². The summed E-state index contributed by atoms with van der Waals surface area (Å²) in [6, 6.07) is 3.09. The van der Waals surface area contributed by atoms with Gasteiger partial charge in [0.2, 0.25) is 0 Å². The van der Waals surface area contributed by atoms with Crippen molar-refractivity contribution in [1.29, 1.82) is 0 Å². The molecule has 1 aromatic carbocycles. The number of aromatic nitrogens is 4. The zero-order valence-electron chi connectivity index (χ0n) is 11.3. The molecule has 0 unspecified atom stereocenters. The Hall–Kier alpha value is -2.36. The lowest BCUT2D eigenvalue weighted by Gasteiger charge is -2.20. The fraction of sp³-hybridized carbons (Fsp3) is 0.364. The molecule has 0 saturated heterocycles. The van der Waals surface area contributed by atoms with E-state index in [1.54, 1.807) is 6.07 Å². The van der Waals surface area contributed by atoms with E-state index < -0.39 is 10.0 Å². The molecule has 0 spiro atoms. The molecule has 1 aliphatic rings. The lowest BCUT2D eigenvalue weighted by Crippen LogP contribution is -2.19. The third-order valence-corrected chi connectivity index (χ3v) is 4.35. The third-order valence-electron chi connectivity index (χ3n) is 3.01. The van der Waals surface area contributed by atoms with Gasteiger partial charge in [-0.05, 0) is 35.8 Å². The van der Waals surface area contributed by atoms with Gasteiger partial charge in [-0.15, -0.1) is 5.10 Å². The zero-order chi connectivity index (χ0) is 15.0. The van der Waals surface area contributed by atoms with E-state index in [0.29, 0.717) is 18.0 Å². The van der Waals surface area contributed by atoms with Crippen LogP contribution >= 0.6 is 0 Å². The van der Waals surface area contributed by atoms with Crippen LogP contribution in [0.1, 0.15) is 12.0 Å². The molecule has 10 heteroatoms.